The molecule has 1 aromatic heterocycles. The number of fused-ring (bicyclic) bond motifs is 1. The highest BCUT2D eigenvalue weighted by molar-refractivity contribution is 6.31. The molecule has 0 fully saturated rings. The van der Waals surface area contributed by atoms with Crippen LogP contribution in [-0.4, -0.2) is 39.9 Å². The minimum absolute atomic E-state index is 0.158. The van der Waals surface area contributed by atoms with Crippen LogP contribution in [0.5, 0.6) is 0 Å². The van der Waals surface area contributed by atoms with Crippen molar-refractivity contribution in [3.8, 4) is 0 Å². The molecular formula is C20H16ClF3N4O4. The molecule has 32 heavy (non-hydrogen) atoms. The van der Waals surface area contributed by atoms with Crippen molar-refractivity contribution < 1.29 is 22.8 Å². The van der Waals surface area contributed by atoms with E-state index < -0.39 is 52.9 Å². The molecule has 0 bridgehead atoms. The maximum absolute atomic E-state index is 12.9. The molecule has 0 atom stereocenters. The minimum Gasteiger partial charge on any atom is -0.335 e. The number of para-hydroxylation sites is 1. The monoisotopic (exact) mass is 468 g/mol. The van der Waals surface area contributed by atoms with Gasteiger partial charge in [0.2, 0.25) is 11.8 Å². The second-order valence-electron chi connectivity index (χ2n) is 6.86. The smallest absolute Gasteiger partial charge is 0.335 e. The second-order valence-corrected chi connectivity index (χ2v) is 7.26. The molecule has 0 aliphatic rings. The number of halogens is 4. The van der Waals surface area contributed by atoms with Crippen molar-refractivity contribution >= 4 is 40.0 Å². The molecule has 0 saturated heterocycles. The molecule has 168 valence electrons. The molecule has 2 aromatic carbocycles. The summed E-state index contributed by atoms with van der Waals surface area (Å²) in [7, 11) is 1.26. The lowest BCUT2D eigenvalue weighted by Crippen LogP contribution is -2.43. The third kappa shape index (κ3) is 4.99. The Kier molecular flexibility index (Phi) is 6.40. The molecule has 0 saturated carbocycles. The van der Waals surface area contributed by atoms with Gasteiger partial charge >= 0.3 is 11.9 Å². The number of H-pyrrole nitrogens is 1. The summed E-state index contributed by atoms with van der Waals surface area (Å²) in [6, 6.07) is 9.13. The fourth-order valence-corrected chi connectivity index (χ4v) is 3.15. The van der Waals surface area contributed by atoms with Gasteiger partial charge in [-0.25, -0.2) is 4.79 Å². The van der Waals surface area contributed by atoms with Crippen LogP contribution in [0.1, 0.15) is 5.56 Å². The molecule has 0 radical (unpaired) electrons. The van der Waals surface area contributed by atoms with Crippen molar-refractivity contribution in [3.63, 3.8) is 0 Å². The van der Waals surface area contributed by atoms with E-state index in [0.29, 0.717) is 16.2 Å². The third-order valence-electron chi connectivity index (χ3n) is 4.54. The van der Waals surface area contributed by atoms with Crippen molar-refractivity contribution in [3.05, 3.63) is 73.9 Å². The second kappa shape index (κ2) is 8.87. The highest BCUT2D eigenvalue weighted by Gasteiger charge is 2.33. The number of aromatic amines is 1. The Bertz CT molecular complexity index is 1320. The van der Waals surface area contributed by atoms with Crippen molar-refractivity contribution in [1.82, 2.24) is 14.5 Å². The fraction of sp³-hybridized carbons (Fsp3) is 0.200. The maximum atomic E-state index is 12.9. The van der Waals surface area contributed by atoms with E-state index in [0.717, 1.165) is 11.0 Å². The number of aromatic nitrogens is 2. The summed E-state index contributed by atoms with van der Waals surface area (Å²) in [6.45, 7) is -1.15. The standard InChI is InChI=1S/C20H16ClF3N4O4/c1-27(9-16(29)25-11-6-7-14(21)13(8-11)20(22,23)24)17(30)10-28-18(31)12-4-2-3-5-15(12)26-19(28)32/h2-8H,9-10H2,1H3,(H,25,29)(H,26,32). The van der Waals surface area contributed by atoms with Crippen molar-refractivity contribution in [2.24, 2.45) is 0 Å². The number of nitrogens with zero attached hydrogens (tertiary/aromatic N) is 2. The zero-order valence-corrected chi connectivity index (χ0v) is 17.3. The van der Waals surface area contributed by atoms with E-state index in [1.807, 2.05) is 0 Å². The zero-order chi connectivity index (χ0) is 23.6. The first kappa shape index (κ1) is 23.1. The third-order valence-corrected chi connectivity index (χ3v) is 4.87. The number of likely N-dealkylation sites (N-methyl/N-ethyl adjacent to an activating group) is 1. The minimum atomic E-state index is -4.70. The molecule has 0 aliphatic heterocycles. The number of hydrogen-bond acceptors (Lipinski definition) is 4. The number of carbonyl (C=O) groups is 2. The topological polar surface area (TPSA) is 104 Å². The van der Waals surface area contributed by atoms with Crippen LogP contribution in [0, 0.1) is 0 Å². The fourth-order valence-electron chi connectivity index (χ4n) is 2.92. The summed E-state index contributed by atoms with van der Waals surface area (Å²) in [4.78, 5) is 52.7. The number of nitrogens with one attached hydrogen (secondary N) is 2. The van der Waals surface area contributed by atoms with Crippen molar-refractivity contribution in [1.29, 1.82) is 0 Å². The number of rotatable bonds is 5. The average molecular weight is 469 g/mol. The molecule has 3 aromatic rings. The molecular weight excluding hydrogens is 453 g/mol. The van der Waals surface area contributed by atoms with E-state index in [1.54, 1.807) is 18.2 Å². The van der Waals surface area contributed by atoms with Crippen LogP contribution in [0.3, 0.4) is 0 Å². The van der Waals surface area contributed by atoms with E-state index in [2.05, 4.69) is 10.3 Å². The Morgan fingerprint density at radius 2 is 1.84 bits per heavy atom. The molecule has 3 rings (SSSR count). The van der Waals surface area contributed by atoms with Crippen LogP contribution in [0.4, 0.5) is 18.9 Å². The molecule has 0 unspecified atom stereocenters. The van der Waals surface area contributed by atoms with Crippen LogP contribution in [-0.2, 0) is 22.3 Å². The average Bonchev–Trinajstić information content (AvgIpc) is 2.71. The molecule has 0 aliphatic carbocycles. The Balaban J connectivity index is 1.70. The molecule has 12 heteroatoms. The number of anilines is 1. The van der Waals surface area contributed by atoms with Gasteiger partial charge in [0, 0.05) is 12.7 Å². The normalized spacial score (nSPS) is 11.4. The Morgan fingerprint density at radius 1 is 1.16 bits per heavy atom. The van der Waals surface area contributed by atoms with Crippen LogP contribution < -0.4 is 16.6 Å². The van der Waals surface area contributed by atoms with Crippen LogP contribution in [0.15, 0.2) is 52.1 Å². The number of amides is 2. The van der Waals surface area contributed by atoms with E-state index in [4.69, 9.17) is 11.6 Å². The largest absolute Gasteiger partial charge is 0.417 e. The van der Waals surface area contributed by atoms with Gasteiger partial charge in [-0.05, 0) is 30.3 Å². The van der Waals surface area contributed by atoms with Gasteiger partial charge in [-0.15, -0.1) is 0 Å². The maximum Gasteiger partial charge on any atom is 0.417 e. The SMILES string of the molecule is CN(CC(=O)Nc1ccc(Cl)c(C(F)(F)F)c1)C(=O)Cn1c(=O)[nH]c2ccccc2c1=O. The lowest BCUT2D eigenvalue weighted by Gasteiger charge is -2.18. The first-order valence-electron chi connectivity index (χ1n) is 9.10. The number of benzene rings is 2. The summed E-state index contributed by atoms with van der Waals surface area (Å²) in [5.74, 6) is -1.51. The molecule has 2 amide bonds. The van der Waals surface area contributed by atoms with Gasteiger partial charge in [0.05, 0.1) is 28.0 Å². The quantitative estimate of drug-likeness (QED) is 0.600. The molecule has 0 spiro atoms. The van der Waals surface area contributed by atoms with Gasteiger partial charge in [-0.1, -0.05) is 23.7 Å². The van der Waals surface area contributed by atoms with E-state index in [1.165, 1.54) is 19.2 Å². The summed E-state index contributed by atoms with van der Waals surface area (Å²) in [5.41, 5.74) is -2.41. The lowest BCUT2D eigenvalue weighted by atomic mass is 10.2. The van der Waals surface area contributed by atoms with Gasteiger partial charge in [-0.3, -0.25) is 19.0 Å². The van der Waals surface area contributed by atoms with Crippen molar-refractivity contribution in [2.75, 3.05) is 18.9 Å². The Morgan fingerprint density at radius 3 is 2.53 bits per heavy atom. The predicted octanol–water partition coefficient (Wildman–Crippen LogP) is 2.46. The first-order chi connectivity index (χ1) is 15.0. The summed E-state index contributed by atoms with van der Waals surface area (Å²) < 4.78 is 39.5. The van der Waals surface area contributed by atoms with Crippen LogP contribution in [0.25, 0.3) is 10.9 Å². The Labute approximate surface area is 183 Å². The summed E-state index contributed by atoms with van der Waals surface area (Å²) >= 11 is 5.54. The number of hydrogen-bond donors (Lipinski definition) is 2. The summed E-state index contributed by atoms with van der Waals surface area (Å²) in [5, 5.41) is 1.94. The molecule has 1 heterocycles. The van der Waals surface area contributed by atoms with Gasteiger partial charge in [0.15, 0.2) is 0 Å². The van der Waals surface area contributed by atoms with Crippen molar-refractivity contribution in [2.45, 2.75) is 12.7 Å². The Hall–Kier alpha value is -3.60. The predicted molar refractivity (Wildman–Crippen MR) is 112 cm³/mol. The van der Waals surface area contributed by atoms with Crippen LogP contribution in [0.2, 0.25) is 5.02 Å². The van der Waals surface area contributed by atoms with E-state index in [9.17, 15) is 32.3 Å². The van der Waals surface area contributed by atoms with E-state index >= 15 is 0 Å². The van der Waals surface area contributed by atoms with Gasteiger partial charge in [0.25, 0.3) is 5.56 Å². The highest BCUT2D eigenvalue weighted by atomic mass is 35.5. The van der Waals surface area contributed by atoms with Crippen LogP contribution >= 0.6 is 11.6 Å². The van der Waals surface area contributed by atoms with Gasteiger partial charge in [0.1, 0.15) is 6.54 Å². The number of alkyl halides is 3. The molecule has 2 N–H and O–H groups in total. The van der Waals surface area contributed by atoms with E-state index in [-0.39, 0.29) is 11.1 Å². The van der Waals surface area contributed by atoms with Gasteiger partial charge < -0.3 is 15.2 Å². The first-order valence-corrected chi connectivity index (χ1v) is 9.47. The van der Waals surface area contributed by atoms with Gasteiger partial charge in [-0.2, -0.15) is 13.2 Å². The molecule has 8 nitrogen and oxygen atoms in total. The highest BCUT2D eigenvalue weighted by Crippen LogP contribution is 2.36. The zero-order valence-electron chi connectivity index (χ0n) is 16.5. The number of carbonyl (C=O) groups excluding carboxylic acids is 2. The summed E-state index contributed by atoms with van der Waals surface area (Å²) in [6.07, 6.45) is -4.70. The lowest BCUT2D eigenvalue weighted by molar-refractivity contribution is -0.137.